The van der Waals surface area contributed by atoms with Gasteiger partial charge in [0.2, 0.25) is 5.75 Å². The third kappa shape index (κ3) is 2.91. The van der Waals surface area contributed by atoms with Crippen LogP contribution in [0.15, 0.2) is 29.0 Å². The molecule has 8 heteroatoms. The Bertz CT molecular complexity index is 608. The lowest BCUT2D eigenvalue weighted by Crippen LogP contribution is -2.11. The van der Waals surface area contributed by atoms with E-state index >= 15 is 0 Å². The standard InChI is InChI=1S/C12H14BrN5O2/c1-19-9-4-3-7(5-8(9)13)17-11-10(20-2)12(18-14)16-6-15-11/h3-6H,14H2,1-2H3,(H2,15,16,17,18). The average Bonchev–Trinajstić information content (AvgIpc) is 2.47. The lowest BCUT2D eigenvalue weighted by atomic mass is 10.3. The van der Waals surface area contributed by atoms with E-state index in [0.717, 1.165) is 15.9 Å². The second-order valence-electron chi connectivity index (χ2n) is 3.72. The van der Waals surface area contributed by atoms with Crippen molar-refractivity contribution >= 4 is 33.3 Å². The predicted octanol–water partition coefficient (Wildman–Crippen LogP) is 2.29. The first-order chi connectivity index (χ1) is 9.69. The van der Waals surface area contributed by atoms with Gasteiger partial charge in [-0.1, -0.05) is 0 Å². The highest BCUT2D eigenvalue weighted by atomic mass is 79.9. The van der Waals surface area contributed by atoms with Gasteiger partial charge in [0.15, 0.2) is 11.6 Å². The van der Waals surface area contributed by atoms with Crippen molar-refractivity contribution in [2.45, 2.75) is 0 Å². The second kappa shape index (κ2) is 6.40. The monoisotopic (exact) mass is 339 g/mol. The maximum absolute atomic E-state index is 5.38. The third-order valence-electron chi connectivity index (χ3n) is 2.56. The van der Waals surface area contributed by atoms with Crippen LogP contribution in [0.25, 0.3) is 0 Å². The minimum absolute atomic E-state index is 0.401. The molecule has 0 fully saturated rings. The number of aromatic nitrogens is 2. The number of ether oxygens (including phenoxy) is 2. The molecule has 0 aliphatic heterocycles. The van der Waals surface area contributed by atoms with Crippen LogP contribution in [0.4, 0.5) is 17.3 Å². The van der Waals surface area contributed by atoms with Crippen molar-refractivity contribution in [3.8, 4) is 11.5 Å². The zero-order valence-corrected chi connectivity index (χ0v) is 12.6. The number of hydrogen-bond donors (Lipinski definition) is 3. The largest absolute Gasteiger partial charge is 0.496 e. The Morgan fingerprint density at radius 1 is 1.15 bits per heavy atom. The quantitative estimate of drug-likeness (QED) is 0.568. The van der Waals surface area contributed by atoms with E-state index in [1.165, 1.54) is 13.4 Å². The molecule has 0 bridgehead atoms. The lowest BCUT2D eigenvalue weighted by molar-refractivity contribution is 0.412. The summed E-state index contributed by atoms with van der Waals surface area (Å²) in [5.41, 5.74) is 3.27. The van der Waals surface area contributed by atoms with Crippen molar-refractivity contribution < 1.29 is 9.47 Å². The number of hydrogen-bond acceptors (Lipinski definition) is 7. The third-order valence-corrected chi connectivity index (χ3v) is 3.18. The topological polar surface area (TPSA) is 94.3 Å². The normalized spacial score (nSPS) is 10.0. The van der Waals surface area contributed by atoms with Crippen molar-refractivity contribution in [3.63, 3.8) is 0 Å². The van der Waals surface area contributed by atoms with Crippen LogP contribution in [-0.4, -0.2) is 24.2 Å². The van der Waals surface area contributed by atoms with Crippen molar-refractivity contribution in [3.05, 3.63) is 29.0 Å². The predicted molar refractivity (Wildman–Crippen MR) is 80.4 cm³/mol. The highest BCUT2D eigenvalue weighted by Gasteiger charge is 2.12. The van der Waals surface area contributed by atoms with Gasteiger partial charge in [0, 0.05) is 5.69 Å². The van der Waals surface area contributed by atoms with Gasteiger partial charge in [-0.2, -0.15) is 0 Å². The first kappa shape index (κ1) is 14.4. The van der Waals surface area contributed by atoms with Gasteiger partial charge in [-0.3, -0.25) is 0 Å². The van der Waals surface area contributed by atoms with Gasteiger partial charge in [0.25, 0.3) is 0 Å². The molecular formula is C12H14BrN5O2. The van der Waals surface area contributed by atoms with Crippen LogP contribution in [0.5, 0.6) is 11.5 Å². The van der Waals surface area contributed by atoms with Gasteiger partial charge < -0.3 is 20.2 Å². The SMILES string of the molecule is COc1ccc(Nc2ncnc(NN)c2OC)cc1Br. The summed E-state index contributed by atoms with van der Waals surface area (Å²) in [6.07, 6.45) is 1.39. The highest BCUT2D eigenvalue weighted by Crippen LogP contribution is 2.33. The van der Waals surface area contributed by atoms with Gasteiger partial charge in [-0.25, -0.2) is 15.8 Å². The summed E-state index contributed by atoms with van der Waals surface area (Å²) in [5, 5.41) is 3.13. The lowest BCUT2D eigenvalue weighted by Gasteiger charge is -2.13. The molecule has 1 heterocycles. The van der Waals surface area contributed by atoms with Gasteiger partial charge >= 0.3 is 0 Å². The summed E-state index contributed by atoms with van der Waals surface area (Å²) in [4.78, 5) is 8.11. The van der Waals surface area contributed by atoms with E-state index in [2.05, 4.69) is 36.6 Å². The van der Waals surface area contributed by atoms with Crippen molar-refractivity contribution in [2.24, 2.45) is 5.84 Å². The molecule has 0 saturated carbocycles. The van der Waals surface area contributed by atoms with Gasteiger partial charge in [0.1, 0.15) is 12.1 Å². The van der Waals surface area contributed by atoms with Crippen LogP contribution in [0.2, 0.25) is 0 Å². The van der Waals surface area contributed by atoms with E-state index in [1.807, 2.05) is 18.2 Å². The van der Waals surface area contributed by atoms with Gasteiger partial charge in [-0.05, 0) is 34.1 Å². The molecule has 0 saturated heterocycles. The molecule has 0 amide bonds. The van der Waals surface area contributed by atoms with E-state index < -0.39 is 0 Å². The Kier molecular flexibility index (Phi) is 4.59. The van der Waals surface area contributed by atoms with Crippen LogP contribution in [0.1, 0.15) is 0 Å². The first-order valence-electron chi connectivity index (χ1n) is 5.65. The molecule has 20 heavy (non-hydrogen) atoms. The Morgan fingerprint density at radius 2 is 1.90 bits per heavy atom. The highest BCUT2D eigenvalue weighted by molar-refractivity contribution is 9.10. The molecule has 1 aromatic carbocycles. The molecule has 0 aliphatic carbocycles. The van der Waals surface area contributed by atoms with Crippen molar-refractivity contribution in [1.82, 2.24) is 9.97 Å². The van der Waals surface area contributed by atoms with E-state index in [4.69, 9.17) is 15.3 Å². The number of anilines is 3. The molecule has 0 atom stereocenters. The fourth-order valence-corrected chi connectivity index (χ4v) is 2.18. The maximum atomic E-state index is 5.38. The van der Waals surface area contributed by atoms with Crippen molar-refractivity contribution in [2.75, 3.05) is 25.0 Å². The van der Waals surface area contributed by atoms with E-state index in [9.17, 15) is 0 Å². The van der Waals surface area contributed by atoms with Crippen molar-refractivity contribution in [1.29, 1.82) is 0 Å². The fourth-order valence-electron chi connectivity index (χ4n) is 1.64. The van der Waals surface area contributed by atoms with Gasteiger partial charge in [-0.15, -0.1) is 0 Å². The molecular weight excluding hydrogens is 326 g/mol. The number of nitrogens with two attached hydrogens (primary N) is 1. The number of nitrogens with zero attached hydrogens (tertiary/aromatic N) is 2. The Balaban J connectivity index is 2.32. The number of nitrogens with one attached hydrogen (secondary N) is 2. The van der Waals surface area contributed by atoms with E-state index in [-0.39, 0.29) is 0 Å². The minimum atomic E-state index is 0.401. The zero-order valence-electron chi connectivity index (χ0n) is 11.0. The molecule has 0 unspecified atom stereocenters. The Hall–Kier alpha value is -2.06. The van der Waals surface area contributed by atoms with Crippen LogP contribution < -0.4 is 26.1 Å². The summed E-state index contributed by atoms with van der Waals surface area (Å²) < 4.78 is 11.3. The van der Waals surface area contributed by atoms with Crippen LogP contribution >= 0.6 is 15.9 Å². The maximum Gasteiger partial charge on any atom is 0.205 e. The number of rotatable bonds is 5. The molecule has 106 valence electrons. The zero-order chi connectivity index (χ0) is 14.5. The van der Waals surface area contributed by atoms with Gasteiger partial charge in [0.05, 0.1) is 18.7 Å². The molecule has 4 N–H and O–H groups in total. The molecule has 1 aromatic heterocycles. The molecule has 0 spiro atoms. The Labute approximate surface area is 124 Å². The molecule has 0 aliphatic rings. The first-order valence-corrected chi connectivity index (χ1v) is 6.45. The van der Waals surface area contributed by atoms with E-state index in [0.29, 0.717) is 17.4 Å². The Morgan fingerprint density at radius 3 is 2.50 bits per heavy atom. The van der Waals surface area contributed by atoms with Crippen LogP contribution in [0.3, 0.4) is 0 Å². The van der Waals surface area contributed by atoms with E-state index in [1.54, 1.807) is 7.11 Å². The smallest absolute Gasteiger partial charge is 0.205 e. The number of hydrazine groups is 1. The average molecular weight is 340 g/mol. The molecule has 0 radical (unpaired) electrons. The molecule has 2 rings (SSSR count). The summed E-state index contributed by atoms with van der Waals surface area (Å²) in [6, 6.07) is 5.57. The molecule has 2 aromatic rings. The van der Waals surface area contributed by atoms with Crippen LogP contribution in [0, 0.1) is 0 Å². The fraction of sp³-hybridized carbons (Fsp3) is 0.167. The number of methoxy groups -OCH3 is 2. The summed E-state index contributed by atoms with van der Waals surface area (Å²) in [5.74, 6) is 7.46. The minimum Gasteiger partial charge on any atom is -0.496 e. The summed E-state index contributed by atoms with van der Waals surface area (Å²) in [6.45, 7) is 0. The number of halogens is 1. The molecule has 7 nitrogen and oxygen atoms in total. The van der Waals surface area contributed by atoms with Crippen LogP contribution in [-0.2, 0) is 0 Å². The number of nitrogen functional groups attached to an aromatic ring is 1. The summed E-state index contributed by atoms with van der Waals surface area (Å²) in [7, 11) is 3.13. The second-order valence-corrected chi connectivity index (χ2v) is 4.58. The summed E-state index contributed by atoms with van der Waals surface area (Å²) >= 11 is 3.42. The number of benzene rings is 1.